The molecule has 0 fully saturated rings. The van der Waals surface area contributed by atoms with Crippen molar-refractivity contribution in [1.82, 2.24) is 15.2 Å². The SMILES string of the molecule is CC(C)CC(C)(C)Cc1nnc(-c2ccc(N(C(C)C)C(C)C)cc2)c(-c2ccc(N(C(C)C)C(C)C)cc2)n1. The second kappa shape index (κ2) is 13.1. The molecule has 1 heterocycles. The van der Waals surface area contributed by atoms with E-state index in [-0.39, 0.29) is 5.41 Å². The van der Waals surface area contributed by atoms with Gasteiger partial charge in [0, 0.05) is 53.1 Å². The Kier molecular flexibility index (Phi) is 10.4. The lowest BCUT2D eigenvalue weighted by Gasteiger charge is -2.33. The van der Waals surface area contributed by atoms with Crippen molar-refractivity contribution in [1.29, 1.82) is 0 Å². The lowest BCUT2D eigenvalue weighted by Crippen LogP contribution is -2.36. The van der Waals surface area contributed by atoms with Gasteiger partial charge in [-0.1, -0.05) is 52.0 Å². The van der Waals surface area contributed by atoms with Gasteiger partial charge >= 0.3 is 0 Å². The zero-order valence-corrected chi connectivity index (χ0v) is 27.2. The van der Waals surface area contributed by atoms with Crippen molar-refractivity contribution in [2.45, 2.75) is 120 Å². The third-order valence-electron chi connectivity index (χ3n) is 7.43. The Bertz CT molecular complexity index is 1190. The summed E-state index contributed by atoms with van der Waals surface area (Å²) in [5.74, 6) is 1.43. The topological polar surface area (TPSA) is 45.2 Å². The Hall–Kier alpha value is -2.95. The third kappa shape index (κ3) is 7.83. The number of anilines is 2. The molecule has 0 saturated carbocycles. The summed E-state index contributed by atoms with van der Waals surface area (Å²) in [5, 5.41) is 9.47. The molecular weight excluding hydrogens is 490 g/mol. The molecule has 0 spiro atoms. The van der Waals surface area contributed by atoms with Gasteiger partial charge in [-0.05, 0) is 97.4 Å². The van der Waals surface area contributed by atoms with Crippen molar-refractivity contribution < 1.29 is 0 Å². The highest BCUT2D eigenvalue weighted by atomic mass is 15.2. The van der Waals surface area contributed by atoms with E-state index in [4.69, 9.17) is 10.1 Å². The van der Waals surface area contributed by atoms with Crippen LogP contribution in [-0.4, -0.2) is 39.3 Å². The van der Waals surface area contributed by atoms with Gasteiger partial charge in [-0.25, -0.2) is 4.98 Å². The highest BCUT2D eigenvalue weighted by Crippen LogP contribution is 2.34. The fraction of sp³-hybridized carbons (Fsp3) is 0.571. The van der Waals surface area contributed by atoms with Crippen molar-refractivity contribution in [3.63, 3.8) is 0 Å². The molecule has 0 aliphatic heterocycles. The van der Waals surface area contributed by atoms with Gasteiger partial charge < -0.3 is 9.80 Å². The normalized spacial score (nSPS) is 12.3. The van der Waals surface area contributed by atoms with Gasteiger partial charge in [0.1, 0.15) is 11.4 Å². The predicted octanol–water partition coefficient (Wildman–Crippen LogP) is 9.07. The van der Waals surface area contributed by atoms with Gasteiger partial charge in [0.2, 0.25) is 0 Å². The Morgan fingerprint density at radius 3 is 1.35 bits per heavy atom. The molecule has 5 nitrogen and oxygen atoms in total. The fourth-order valence-corrected chi connectivity index (χ4v) is 6.40. The van der Waals surface area contributed by atoms with Crippen LogP contribution >= 0.6 is 0 Å². The van der Waals surface area contributed by atoms with Crippen LogP contribution in [-0.2, 0) is 6.42 Å². The van der Waals surface area contributed by atoms with Crippen LogP contribution in [0.3, 0.4) is 0 Å². The van der Waals surface area contributed by atoms with Gasteiger partial charge in [-0.15, -0.1) is 10.2 Å². The Balaban J connectivity index is 2.08. The van der Waals surface area contributed by atoms with Crippen molar-refractivity contribution in [2.24, 2.45) is 11.3 Å². The Labute approximate surface area is 244 Å². The van der Waals surface area contributed by atoms with E-state index >= 15 is 0 Å². The van der Waals surface area contributed by atoms with Crippen LogP contribution < -0.4 is 9.80 Å². The summed E-state index contributed by atoms with van der Waals surface area (Å²) in [6, 6.07) is 19.2. The molecular formula is C35H53N5. The molecule has 0 atom stereocenters. The average molecular weight is 544 g/mol. The minimum atomic E-state index is 0.103. The van der Waals surface area contributed by atoms with E-state index in [2.05, 4.69) is 147 Å². The van der Waals surface area contributed by atoms with Crippen LogP contribution in [0.15, 0.2) is 48.5 Å². The van der Waals surface area contributed by atoms with Crippen molar-refractivity contribution in [2.75, 3.05) is 9.80 Å². The van der Waals surface area contributed by atoms with Crippen LogP contribution in [0.2, 0.25) is 0 Å². The molecule has 3 aromatic rings. The summed E-state index contributed by atoms with van der Waals surface area (Å²) < 4.78 is 0. The van der Waals surface area contributed by atoms with Crippen LogP contribution in [0.5, 0.6) is 0 Å². The van der Waals surface area contributed by atoms with E-state index < -0.39 is 0 Å². The standard InChI is InChI=1S/C35H53N5/c1-23(2)21-35(11,12)22-32-36-33(28-13-17-30(18-14-28)39(24(3)4)25(5)6)34(38-37-32)29-15-19-31(20-16-29)40(26(7)8)27(9)10/h13-20,23-27H,21-22H2,1-12H3. The fourth-order valence-electron chi connectivity index (χ4n) is 6.40. The molecule has 218 valence electrons. The number of hydrogen-bond acceptors (Lipinski definition) is 5. The number of hydrogen-bond donors (Lipinski definition) is 0. The first-order valence-electron chi connectivity index (χ1n) is 15.2. The molecule has 0 aliphatic rings. The Morgan fingerprint density at radius 1 is 0.575 bits per heavy atom. The molecule has 0 unspecified atom stereocenters. The molecule has 0 aliphatic carbocycles. The number of rotatable bonds is 12. The summed E-state index contributed by atoms with van der Waals surface area (Å²) in [4.78, 5) is 10.0. The van der Waals surface area contributed by atoms with E-state index in [0.717, 1.165) is 41.2 Å². The number of nitrogens with zero attached hydrogens (tertiary/aromatic N) is 5. The summed E-state index contributed by atoms with van der Waals surface area (Å²) >= 11 is 0. The zero-order chi connectivity index (χ0) is 29.8. The van der Waals surface area contributed by atoms with Crippen LogP contribution in [0, 0.1) is 11.3 Å². The largest absolute Gasteiger partial charge is 0.367 e. The van der Waals surface area contributed by atoms with Gasteiger partial charge in [-0.3, -0.25) is 0 Å². The molecule has 2 aromatic carbocycles. The van der Waals surface area contributed by atoms with Gasteiger partial charge in [0.25, 0.3) is 0 Å². The smallest absolute Gasteiger partial charge is 0.152 e. The highest BCUT2D eigenvalue weighted by Gasteiger charge is 2.24. The lowest BCUT2D eigenvalue weighted by molar-refractivity contribution is 0.279. The lowest BCUT2D eigenvalue weighted by atomic mass is 9.81. The maximum atomic E-state index is 5.17. The van der Waals surface area contributed by atoms with Gasteiger partial charge in [-0.2, -0.15) is 0 Å². The van der Waals surface area contributed by atoms with Crippen molar-refractivity contribution in [3.05, 3.63) is 54.4 Å². The summed E-state index contributed by atoms with van der Waals surface area (Å²) in [7, 11) is 0. The molecule has 0 amide bonds. The van der Waals surface area contributed by atoms with E-state index in [1.54, 1.807) is 0 Å². The summed E-state index contributed by atoms with van der Waals surface area (Å²) in [6.45, 7) is 27.1. The summed E-state index contributed by atoms with van der Waals surface area (Å²) in [5.41, 5.74) is 6.38. The van der Waals surface area contributed by atoms with Crippen LogP contribution in [0.1, 0.15) is 95.3 Å². The van der Waals surface area contributed by atoms with Gasteiger partial charge in [0.05, 0.1) is 0 Å². The van der Waals surface area contributed by atoms with Gasteiger partial charge in [0.15, 0.2) is 5.82 Å². The first kappa shape index (κ1) is 31.6. The second-order valence-corrected chi connectivity index (χ2v) is 13.6. The van der Waals surface area contributed by atoms with E-state index in [9.17, 15) is 0 Å². The molecule has 0 bridgehead atoms. The molecule has 0 radical (unpaired) electrons. The van der Waals surface area contributed by atoms with E-state index in [1.165, 1.54) is 11.4 Å². The minimum absolute atomic E-state index is 0.103. The maximum Gasteiger partial charge on any atom is 0.152 e. The highest BCUT2D eigenvalue weighted by molar-refractivity contribution is 5.79. The Morgan fingerprint density at radius 2 is 0.975 bits per heavy atom. The number of benzene rings is 2. The van der Waals surface area contributed by atoms with Crippen LogP contribution in [0.25, 0.3) is 22.5 Å². The average Bonchev–Trinajstić information content (AvgIpc) is 2.83. The predicted molar refractivity (Wildman–Crippen MR) is 173 cm³/mol. The van der Waals surface area contributed by atoms with Crippen molar-refractivity contribution >= 4 is 11.4 Å². The zero-order valence-electron chi connectivity index (χ0n) is 27.2. The summed E-state index contributed by atoms with van der Waals surface area (Å²) in [6.07, 6.45) is 1.92. The molecule has 0 N–H and O–H groups in total. The van der Waals surface area contributed by atoms with E-state index in [0.29, 0.717) is 30.1 Å². The molecule has 3 rings (SSSR count). The third-order valence-corrected chi connectivity index (χ3v) is 7.43. The van der Waals surface area contributed by atoms with E-state index in [1.807, 2.05) is 0 Å². The minimum Gasteiger partial charge on any atom is -0.367 e. The maximum absolute atomic E-state index is 5.17. The van der Waals surface area contributed by atoms with Crippen molar-refractivity contribution in [3.8, 4) is 22.5 Å². The molecule has 40 heavy (non-hydrogen) atoms. The van der Waals surface area contributed by atoms with Crippen LogP contribution in [0.4, 0.5) is 11.4 Å². The molecule has 5 heteroatoms. The number of aromatic nitrogens is 3. The monoisotopic (exact) mass is 543 g/mol. The second-order valence-electron chi connectivity index (χ2n) is 13.6. The first-order chi connectivity index (χ1) is 18.7. The quantitative estimate of drug-likeness (QED) is 0.228. The molecule has 0 saturated heterocycles. The molecule has 1 aromatic heterocycles. The first-order valence-corrected chi connectivity index (χ1v) is 15.2.